The molecule has 0 aliphatic carbocycles. The number of carbonyl (C=O) groups is 1. The van der Waals surface area contributed by atoms with Crippen LogP contribution in [0.25, 0.3) is 0 Å². The second kappa shape index (κ2) is 7.45. The fourth-order valence-electron chi connectivity index (χ4n) is 2.43. The maximum absolute atomic E-state index is 11.6. The first-order chi connectivity index (χ1) is 10.1. The molecule has 1 N–H and O–H groups in total. The standard InChI is InChI=1S/C15H21NO4S/c17-15(11-20-14-6-2-1-3-7-14)16-9-4-5-13-8-10-21(18,19)12-13/h1-3,6-7,13H,4-5,8-12H2,(H,16,17). The van der Waals surface area contributed by atoms with Crippen LogP contribution in [0.15, 0.2) is 30.3 Å². The predicted octanol–water partition coefficient (Wildman–Crippen LogP) is 1.40. The molecule has 1 aliphatic heterocycles. The van der Waals surface area contributed by atoms with Crippen LogP contribution >= 0.6 is 0 Å². The second-order valence-electron chi connectivity index (χ2n) is 5.36. The van der Waals surface area contributed by atoms with Crippen LogP contribution in [-0.4, -0.2) is 39.0 Å². The van der Waals surface area contributed by atoms with Gasteiger partial charge in [0.2, 0.25) is 0 Å². The topological polar surface area (TPSA) is 72.5 Å². The van der Waals surface area contributed by atoms with Crippen molar-refractivity contribution in [3.63, 3.8) is 0 Å². The Labute approximate surface area is 125 Å². The highest BCUT2D eigenvalue weighted by Gasteiger charge is 2.27. The van der Waals surface area contributed by atoms with Crippen molar-refractivity contribution < 1.29 is 17.9 Å². The molecule has 1 aromatic rings. The molecular formula is C15H21NO4S. The monoisotopic (exact) mass is 311 g/mol. The van der Waals surface area contributed by atoms with Crippen LogP contribution in [0, 0.1) is 5.92 Å². The van der Waals surface area contributed by atoms with E-state index in [0.29, 0.717) is 23.8 Å². The van der Waals surface area contributed by atoms with Gasteiger partial charge in [0.05, 0.1) is 11.5 Å². The molecule has 1 amide bonds. The fourth-order valence-corrected chi connectivity index (χ4v) is 4.35. The van der Waals surface area contributed by atoms with Gasteiger partial charge in [0.15, 0.2) is 16.4 Å². The SMILES string of the molecule is O=C(COc1ccccc1)NCCCC1CCS(=O)(=O)C1. The highest BCUT2D eigenvalue weighted by molar-refractivity contribution is 7.91. The summed E-state index contributed by atoms with van der Waals surface area (Å²) in [6.07, 6.45) is 2.41. The van der Waals surface area contributed by atoms with Crippen molar-refractivity contribution in [3.8, 4) is 5.75 Å². The summed E-state index contributed by atoms with van der Waals surface area (Å²) in [7, 11) is -2.80. The van der Waals surface area contributed by atoms with Crippen LogP contribution in [0.1, 0.15) is 19.3 Å². The number of para-hydroxylation sites is 1. The first kappa shape index (κ1) is 15.8. The first-order valence-corrected chi connectivity index (χ1v) is 9.02. The summed E-state index contributed by atoms with van der Waals surface area (Å²) in [5, 5.41) is 2.78. The van der Waals surface area contributed by atoms with Crippen molar-refractivity contribution in [2.75, 3.05) is 24.7 Å². The molecule has 0 saturated carbocycles. The summed E-state index contributed by atoms with van der Waals surface area (Å²) >= 11 is 0. The van der Waals surface area contributed by atoms with Crippen LogP contribution in [0.4, 0.5) is 0 Å². The maximum Gasteiger partial charge on any atom is 0.257 e. The van der Waals surface area contributed by atoms with Gasteiger partial charge in [0.1, 0.15) is 5.75 Å². The van der Waals surface area contributed by atoms with E-state index in [-0.39, 0.29) is 18.4 Å². The molecule has 0 spiro atoms. The molecule has 0 aromatic heterocycles. The number of amides is 1. The minimum atomic E-state index is -2.80. The number of nitrogens with one attached hydrogen (secondary N) is 1. The maximum atomic E-state index is 11.6. The number of sulfone groups is 1. The number of hydrogen-bond acceptors (Lipinski definition) is 4. The highest BCUT2D eigenvalue weighted by atomic mass is 32.2. The fraction of sp³-hybridized carbons (Fsp3) is 0.533. The van der Waals surface area contributed by atoms with E-state index in [9.17, 15) is 13.2 Å². The largest absolute Gasteiger partial charge is 0.484 e. The van der Waals surface area contributed by atoms with Crippen LogP contribution < -0.4 is 10.1 Å². The summed E-state index contributed by atoms with van der Waals surface area (Å²) in [5.41, 5.74) is 0. The Morgan fingerprint density at radius 1 is 1.29 bits per heavy atom. The van der Waals surface area contributed by atoms with E-state index in [1.165, 1.54) is 0 Å². The third kappa shape index (κ3) is 5.75. The number of ether oxygens (including phenoxy) is 1. The summed E-state index contributed by atoms with van der Waals surface area (Å²) in [6.45, 7) is 0.565. The Bertz CT molecular complexity index is 556. The average Bonchev–Trinajstić information content (AvgIpc) is 2.82. The lowest BCUT2D eigenvalue weighted by atomic mass is 10.0. The third-order valence-corrected chi connectivity index (χ3v) is 5.39. The van der Waals surface area contributed by atoms with Crippen molar-refractivity contribution >= 4 is 15.7 Å². The van der Waals surface area contributed by atoms with Crippen molar-refractivity contribution in [3.05, 3.63) is 30.3 Å². The van der Waals surface area contributed by atoms with Crippen molar-refractivity contribution in [2.24, 2.45) is 5.92 Å². The minimum Gasteiger partial charge on any atom is -0.484 e. The van der Waals surface area contributed by atoms with Crippen molar-refractivity contribution in [1.82, 2.24) is 5.32 Å². The van der Waals surface area contributed by atoms with Crippen molar-refractivity contribution in [2.45, 2.75) is 19.3 Å². The molecule has 1 atom stereocenters. The Kier molecular flexibility index (Phi) is 5.61. The predicted molar refractivity (Wildman–Crippen MR) is 80.9 cm³/mol. The van der Waals surface area contributed by atoms with Crippen LogP contribution in [-0.2, 0) is 14.6 Å². The summed E-state index contributed by atoms with van der Waals surface area (Å²) in [6, 6.07) is 9.18. The zero-order chi connectivity index (χ0) is 15.1. The molecule has 2 rings (SSSR count). The number of rotatable bonds is 7. The first-order valence-electron chi connectivity index (χ1n) is 7.20. The molecule has 6 heteroatoms. The molecule has 116 valence electrons. The minimum absolute atomic E-state index is 0.00181. The zero-order valence-electron chi connectivity index (χ0n) is 12.0. The molecule has 1 unspecified atom stereocenters. The Balaban J connectivity index is 1.55. The van der Waals surface area contributed by atoms with Gasteiger partial charge in [0.25, 0.3) is 5.91 Å². The Morgan fingerprint density at radius 2 is 2.05 bits per heavy atom. The Morgan fingerprint density at radius 3 is 2.71 bits per heavy atom. The van der Waals surface area contributed by atoms with E-state index in [1.54, 1.807) is 12.1 Å². The molecule has 0 bridgehead atoms. The quantitative estimate of drug-likeness (QED) is 0.773. The van der Waals surface area contributed by atoms with Gasteiger partial charge >= 0.3 is 0 Å². The van der Waals surface area contributed by atoms with E-state index in [0.717, 1.165) is 19.3 Å². The highest BCUT2D eigenvalue weighted by Crippen LogP contribution is 2.22. The van der Waals surface area contributed by atoms with Crippen LogP contribution in [0.2, 0.25) is 0 Å². The lowest BCUT2D eigenvalue weighted by Gasteiger charge is -2.09. The van der Waals surface area contributed by atoms with Gasteiger partial charge in [-0.3, -0.25) is 4.79 Å². The second-order valence-corrected chi connectivity index (χ2v) is 7.59. The van der Waals surface area contributed by atoms with E-state index in [2.05, 4.69) is 5.32 Å². The molecule has 0 radical (unpaired) electrons. The van der Waals surface area contributed by atoms with Gasteiger partial charge in [-0.05, 0) is 37.3 Å². The van der Waals surface area contributed by atoms with Gasteiger partial charge in [-0.2, -0.15) is 0 Å². The number of benzene rings is 1. The summed E-state index contributed by atoms with van der Waals surface area (Å²) in [4.78, 5) is 11.6. The molecule has 1 saturated heterocycles. The van der Waals surface area contributed by atoms with Crippen molar-refractivity contribution in [1.29, 1.82) is 0 Å². The van der Waals surface area contributed by atoms with Gasteiger partial charge in [-0.1, -0.05) is 18.2 Å². The van der Waals surface area contributed by atoms with Gasteiger partial charge in [-0.25, -0.2) is 8.42 Å². The molecule has 5 nitrogen and oxygen atoms in total. The third-order valence-electron chi connectivity index (χ3n) is 3.55. The lowest BCUT2D eigenvalue weighted by Crippen LogP contribution is -2.29. The van der Waals surface area contributed by atoms with E-state index >= 15 is 0 Å². The van der Waals surface area contributed by atoms with E-state index in [1.807, 2.05) is 18.2 Å². The number of hydrogen-bond donors (Lipinski definition) is 1. The van der Waals surface area contributed by atoms with Gasteiger partial charge in [-0.15, -0.1) is 0 Å². The number of carbonyl (C=O) groups excluding carboxylic acids is 1. The molecule has 1 aliphatic rings. The van der Waals surface area contributed by atoms with Crippen LogP contribution in [0.3, 0.4) is 0 Å². The Hall–Kier alpha value is -1.56. The van der Waals surface area contributed by atoms with E-state index < -0.39 is 9.84 Å². The van der Waals surface area contributed by atoms with Gasteiger partial charge in [0, 0.05) is 6.54 Å². The average molecular weight is 311 g/mol. The van der Waals surface area contributed by atoms with E-state index in [4.69, 9.17) is 4.74 Å². The summed E-state index contributed by atoms with van der Waals surface area (Å²) in [5.74, 6) is 1.39. The molecular weight excluding hydrogens is 290 g/mol. The summed E-state index contributed by atoms with van der Waals surface area (Å²) < 4.78 is 28.0. The normalized spacial score (nSPS) is 20.1. The molecule has 1 heterocycles. The smallest absolute Gasteiger partial charge is 0.257 e. The zero-order valence-corrected chi connectivity index (χ0v) is 12.8. The van der Waals surface area contributed by atoms with Gasteiger partial charge < -0.3 is 10.1 Å². The van der Waals surface area contributed by atoms with Crippen LogP contribution in [0.5, 0.6) is 5.75 Å². The molecule has 1 aromatic carbocycles. The molecule has 21 heavy (non-hydrogen) atoms. The lowest BCUT2D eigenvalue weighted by molar-refractivity contribution is -0.123. The molecule has 1 fully saturated rings.